The number of benzene rings is 1. The molecule has 2 aromatic rings. The Morgan fingerprint density at radius 3 is 2.73 bits per heavy atom. The highest BCUT2D eigenvalue weighted by Gasteiger charge is 2.21. The quantitative estimate of drug-likeness (QED) is 0.822. The molecule has 0 saturated carbocycles. The summed E-state index contributed by atoms with van der Waals surface area (Å²) in [5, 5.41) is 5.13. The summed E-state index contributed by atoms with van der Waals surface area (Å²) in [6.45, 7) is 2.42. The molecular weight excluding hydrogens is 332 g/mol. The number of hydrogen-bond acceptors (Lipinski definition) is 4. The van der Waals surface area contributed by atoms with Crippen LogP contribution in [-0.2, 0) is 27.3 Å². The van der Waals surface area contributed by atoms with Crippen molar-refractivity contribution in [3.05, 3.63) is 53.9 Å². The van der Waals surface area contributed by atoms with Gasteiger partial charge in [-0.05, 0) is 48.7 Å². The van der Waals surface area contributed by atoms with Gasteiger partial charge in [0.15, 0.2) is 0 Å². The van der Waals surface area contributed by atoms with E-state index in [1.165, 1.54) is 6.92 Å². The highest BCUT2D eigenvalue weighted by Crippen LogP contribution is 2.29. The molecule has 0 bridgehead atoms. The number of rotatable bonds is 3. The number of carbonyl (C=O) groups is 3. The van der Waals surface area contributed by atoms with Crippen molar-refractivity contribution in [3.8, 4) is 0 Å². The first kappa shape index (κ1) is 17.6. The molecule has 2 N–H and O–H groups in total. The van der Waals surface area contributed by atoms with Gasteiger partial charge < -0.3 is 15.5 Å². The zero-order valence-electron chi connectivity index (χ0n) is 14.5. The van der Waals surface area contributed by atoms with E-state index in [1.54, 1.807) is 35.4 Å². The van der Waals surface area contributed by atoms with E-state index in [0.717, 1.165) is 24.1 Å². The second-order valence-corrected chi connectivity index (χ2v) is 6.08. The normalized spacial score (nSPS) is 12.9. The number of hydrogen-bond donors (Lipinski definition) is 2. The molecule has 1 aromatic heterocycles. The molecule has 1 aliphatic rings. The van der Waals surface area contributed by atoms with Gasteiger partial charge in [-0.2, -0.15) is 0 Å². The lowest BCUT2D eigenvalue weighted by atomic mass is 10.0. The molecule has 26 heavy (non-hydrogen) atoms. The van der Waals surface area contributed by atoms with Gasteiger partial charge in [-0.25, -0.2) is 0 Å². The average molecular weight is 352 g/mol. The number of aromatic nitrogens is 1. The minimum Gasteiger partial charge on any atom is -0.342 e. The number of carbonyl (C=O) groups excluding carboxylic acids is 3. The molecular formula is C19H20N4O3. The molecule has 0 saturated heterocycles. The molecule has 0 spiro atoms. The maximum absolute atomic E-state index is 12.1. The Bertz CT molecular complexity index is 836. The molecule has 0 unspecified atom stereocenters. The third-order valence-electron chi connectivity index (χ3n) is 4.20. The zero-order valence-corrected chi connectivity index (χ0v) is 14.5. The van der Waals surface area contributed by atoms with Crippen LogP contribution < -0.4 is 15.5 Å². The average Bonchev–Trinajstić information content (AvgIpc) is 2.66. The van der Waals surface area contributed by atoms with Gasteiger partial charge in [0.25, 0.3) is 0 Å². The topological polar surface area (TPSA) is 91.4 Å². The summed E-state index contributed by atoms with van der Waals surface area (Å²) < 4.78 is 0. The van der Waals surface area contributed by atoms with Gasteiger partial charge in [-0.15, -0.1) is 0 Å². The Morgan fingerprint density at radius 1 is 1.15 bits per heavy atom. The van der Waals surface area contributed by atoms with Crippen LogP contribution in [0.25, 0.3) is 0 Å². The van der Waals surface area contributed by atoms with E-state index in [0.29, 0.717) is 17.9 Å². The van der Waals surface area contributed by atoms with Gasteiger partial charge in [0.1, 0.15) is 0 Å². The van der Waals surface area contributed by atoms with Crippen molar-refractivity contribution in [1.29, 1.82) is 0 Å². The Kier molecular flexibility index (Phi) is 5.26. The predicted molar refractivity (Wildman–Crippen MR) is 97.5 cm³/mol. The molecule has 3 rings (SSSR count). The van der Waals surface area contributed by atoms with E-state index in [1.807, 2.05) is 12.1 Å². The van der Waals surface area contributed by atoms with Crippen LogP contribution in [0, 0.1) is 0 Å². The second kappa shape index (κ2) is 7.77. The third-order valence-corrected chi connectivity index (χ3v) is 4.20. The first-order valence-corrected chi connectivity index (χ1v) is 8.44. The van der Waals surface area contributed by atoms with E-state index >= 15 is 0 Å². The maximum atomic E-state index is 12.1. The minimum atomic E-state index is -0.736. The number of nitrogens with one attached hydrogen (secondary N) is 2. The van der Waals surface area contributed by atoms with E-state index in [9.17, 15) is 14.4 Å². The van der Waals surface area contributed by atoms with E-state index in [2.05, 4.69) is 15.6 Å². The van der Waals surface area contributed by atoms with Gasteiger partial charge in [0.05, 0.1) is 12.2 Å². The highest BCUT2D eigenvalue weighted by atomic mass is 16.2. The molecule has 3 amide bonds. The number of aryl methyl sites for hydroxylation is 1. The number of pyridine rings is 1. The molecule has 134 valence electrons. The summed E-state index contributed by atoms with van der Waals surface area (Å²) >= 11 is 0. The standard InChI is InChI=1S/C19H20N4O3/c1-13(24)23-10-4-5-14-11-15(7-8-17(14)23)22-19(26)18(25)21-12-16-6-2-3-9-20-16/h2-3,6-9,11H,4-5,10,12H2,1H3,(H,21,25)(H,22,26). The van der Waals surface area contributed by atoms with Crippen LogP contribution in [0.15, 0.2) is 42.6 Å². The Labute approximate surface area is 151 Å². The van der Waals surface area contributed by atoms with Crippen molar-refractivity contribution in [3.63, 3.8) is 0 Å². The molecule has 0 radical (unpaired) electrons. The number of amides is 3. The fraction of sp³-hybridized carbons (Fsp3) is 0.263. The molecule has 1 aromatic carbocycles. The molecule has 0 atom stereocenters. The van der Waals surface area contributed by atoms with Crippen LogP contribution >= 0.6 is 0 Å². The van der Waals surface area contributed by atoms with E-state index < -0.39 is 11.8 Å². The van der Waals surface area contributed by atoms with E-state index in [4.69, 9.17) is 0 Å². The van der Waals surface area contributed by atoms with E-state index in [-0.39, 0.29) is 12.5 Å². The lowest BCUT2D eigenvalue weighted by molar-refractivity contribution is -0.136. The first-order valence-electron chi connectivity index (χ1n) is 8.44. The minimum absolute atomic E-state index is 0.00312. The van der Waals surface area contributed by atoms with Crippen LogP contribution in [0.4, 0.5) is 11.4 Å². The van der Waals surface area contributed by atoms with Crippen LogP contribution in [0.3, 0.4) is 0 Å². The van der Waals surface area contributed by atoms with Crippen LogP contribution in [0.2, 0.25) is 0 Å². The van der Waals surface area contributed by atoms with Crippen LogP contribution in [0.1, 0.15) is 24.6 Å². The summed E-state index contributed by atoms with van der Waals surface area (Å²) in [6, 6.07) is 10.7. The third kappa shape index (κ3) is 4.05. The fourth-order valence-electron chi connectivity index (χ4n) is 2.94. The van der Waals surface area contributed by atoms with Crippen molar-refractivity contribution in [2.45, 2.75) is 26.3 Å². The largest absolute Gasteiger partial charge is 0.342 e. The maximum Gasteiger partial charge on any atom is 0.313 e. The van der Waals surface area contributed by atoms with Gasteiger partial charge in [0, 0.05) is 31.0 Å². The summed E-state index contributed by atoms with van der Waals surface area (Å²) in [5.41, 5.74) is 3.05. The summed E-state index contributed by atoms with van der Waals surface area (Å²) in [5.74, 6) is -1.46. The van der Waals surface area contributed by atoms with Crippen LogP contribution in [-0.4, -0.2) is 29.3 Å². The van der Waals surface area contributed by atoms with Crippen molar-refractivity contribution in [2.24, 2.45) is 0 Å². The lowest BCUT2D eigenvalue weighted by Gasteiger charge is -2.28. The summed E-state index contributed by atoms with van der Waals surface area (Å²) in [6.07, 6.45) is 3.32. The summed E-state index contributed by atoms with van der Waals surface area (Å²) in [7, 11) is 0. The van der Waals surface area contributed by atoms with Gasteiger partial charge in [-0.3, -0.25) is 19.4 Å². The molecule has 7 nitrogen and oxygen atoms in total. The fourth-order valence-corrected chi connectivity index (χ4v) is 2.94. The number of nitrogens with zero attached hydrogens (tertiary/aromatic N) is 2. The van der Waals surface area contributed by atoms with Crippen LogP contribution in [0.5, 0.6) is 0 Å². The molecule has 2 heterocycles. The Hall–Kier alpha value is -3.22. The molecule has 0 aliphatic carbocycles. The van der Waals surface area contributed by atoms with Crippen molar-refractivity contribution >= 4 is 29.1 Å². The van der Waals surface area contributed by atoms with Crippen molar-refractivity contribution in [2.75, 3.05) is 16.8 Å². The predicted octanol–water partition coefficient (Wildman–Crippen LogP) is 1.64. The SMILES string of the molecule is CC(=O)N1CCCc2cc(NC(=O)C(=O)NCc3ccccn3)ccc21. The highest BCUT2D eigenvalue weighted by molar-refractivity contribution is 6.39. The zero-order chi connectivity index (χ0) is 18.5. The van der Waals surface area contributed by atoms with Gasteiger partial charge in [0.2, 0.25) is 5.91 Å². The Morgan fingerprint density at radius 2 is 2.00 bits per heavy atom. The Balaban J connectivity index is 1.62. The second-order valence-electron chi connectivity index (χ2n) is 6.08. The first-order chi connectivity index (χ1) is 12.5. The number of fused-ring (bicyclic) bond motifs is 1. The summed E-state index contributed by atoms with van der Waals surface area (Å²) in [4.78, 5) is 41.5. The lowest BCUT2D eigenvalue weighted by Crippen LogP contribution is -2.35. The monoisotopic (exact) mass is 352 g/mol. The van der Waals surface area contributed by atoms with Gasteiger partial charge in [-0.1, -0.05) is 6.07 Å². The van der Waals surface area contributed by atoms with Crippen molar-refractivity contribution in [1.82, 2.24) is 10.3 Å². The molecule has 1 aliphatic heterocycles. The molecule has 0 fully saturated rings. The number of anilines is 2. The van der Waals surface area contributed by atoms with Gasteiger partial charge >= 0.3 is 11.8 Å². The smallest absolute Gasteiger partial charge is 0.313 e. The molecule has 7 heteroatoms. The van der Waals surface area contributed by atoms with Crippen molar-refractivity contribution < 1.29 is 14.4 Å².